The van der Waals surface area contributed by atoms with Gasteiger partial charge in [-0.05, 0) is 42.8 Å². The summed E-state index contributed by atoms with van der Waals surface area (Å²) in [7, 11) is 8.22. The molecule has 0 spiro atoms. The van der Waals surface area contributed by atoms with Crippen molar-refractivity contribution in [1.29, 1.82) is 0 Å². The zero-order chi connectivity index (χ0) is 29.4. The Hall–Kier alpha value is -4.32. The number of amides is 4. The van der Waals surface area contributed by atoms with Crippen LogP contribution < -0.4 is 10.1 Å². The zero-order valence-electron chi connectivity index (χ0n) is 23.4. The van der Waals surface area contributed by atoms with E-state index in [9.17, 15) is 23.2 Å². The Morgan fingerprint density at radius 2 is 1.62 bits per heavy atom. The van der Waals surface area contributed by atoms with Crippen LogP contribution in [0.25, 0.3) is 11.3 Å². The summed E-state index contributed by atoms with van der Waals surface area (Å²) in [5, 5.41) is 2.75. The summed E-state index contributed by atoms with van der Waals surface area (Å²) in [6.45, 7) is 3.57. The number of carbonyl (C=O) groups excluding carboxylic acids is 3. The second kappa shape index (κ2) is 11.0. The summed E-state index contributed by atoms with van der Waals surface area (Å²) < 4.78 is 35.2. The largest absolute Gasteiger partial charge is 0.494 e. The summed E-state index contributed by atoms with van der Waals surface area (Å²) in [5.41, 5.74) is 1.77. The number of carbonyl (C=O) groups is 3. The van der Waals surface area contributed by atoms with Crippen molar-refractivity contribution >= 4 is 23.5 Å². The molecule has 0 aliphatic carbocycles. The fourth-order valence-electron chi connectivity index (χ4n) is 4.62. The number of hydrogen-bond donors (Lipinski definition) is 1. The van der Waals surface area contributed by atoms with Crippen LogP contribution in [0.1, 0.15) is 26.5 Å². The van der Waals surface area contributed by atoms with Crippen LogP contribution in [0.3, 0.4) is 0 Å². The number of piperazine rings is 1. The van der Waals surface area contributed by atoms with E-state index in [4.69, 9.17) is 4.74 Å². The Balaban J connectivity index is 1.44. The molecule has 1 saturated heterocycles. The maximum absolute atomic E-state index is 14.6. The van der Waals surface area contributed by atoms with Crippen molar-refractivity contribution < 1.29 is 32.4 Å². The number of ether oxygens (including phenoxy) is 1. The highest BCUT2D eigenvalue weighted by molar-refractivity contribution is 6.03. The van der Waals surface area contributed by atoms with E-state index in [1.54, 1.807) is 34.9 Å². The van der Waals surface area contributed by atoms with Gasteiger partial charge >= 0.3 is 6.03 Å². The number of aromatic nitrogens is 2. The van der Waals surface area contributed by atoms with Crippen molar-refractivity contribution in [3.05, 3.63) is 65.1 Å². The highest BCUT2D eigenvalue weighted by Gasteiger charge is 2.32. The zero-order valence-corrected chi connectivity index (χ0v) is 23.4. The number of quaternary nitrogens is 1. The average Bonchev–Trinajstić information content (AvgIpc) is 3.30. The van der Waals surface area contributed by atoms with Crippen LogP contribution in [0.15, 0.2) is 36.5 Å². The Labute approximate surface area is 231 Å². The van der Waals surface area contributed by atoms with E-state index in [1.807, 2.05) is 21.1 Å². The van der Waals surface area contributed by atoms with Crippen LogP contribution in [0.4, 0.5) is 19.3 Å². The highest BCUT2D eigenvalue weighted by atomic mass is 19.2. The average molecular weight is 556 g/mol. The number of nitrogens with one attached hydrogen (secondary N) is 1. The number of benzene rings is 2. The van der Waals surface area contributed by atoms with Gasteiger partial charge in [-0.1, -0.05) is 0 Å². The third-order valence-electron chi connectivity index (χ3n) is 6.86. The predicted molar refractivity (Wildman–Crippen MR) is 145 cm³/mol. The summed E-state index contributed by atoms with van der Waals surface area (Å²) in [6, 6.07) is 7.62. The lowest BCUT2D eigenvalue weighted by atomic mass is 10.1. The molecule has 0 saturated carbocycles. The lowest BCUT2D eigenvalue weighted by Crippen LogP contribution is -2.57. The van der Waals surface area contributed by atoms with Crippen molar-refractivity contribution in [2.45, 2.75) is 6.92 Å². The fourth-order valence-corrected chi connectivity index (χ4v) is 4.62. The molecule has 3 aromatic rings. The number of imidazole rings is 1. The van der Waals surface area contributed by atoms with Crippen molar-refractivity contribution in [3.8, 4) is 17.0 Å². The number of hydrogen-bond acceptors (Lipinski definition) is 5. The molecule has 0 radical (unpaired) electrons. The maximum Gasteiger partial charge on any atom is 0.418 e. The van der Waals surface area contributed by atoms with Crippen LogP contribution in [0.5, 0.6) is 5.75 Å². The predicted octanol–water partition coefficient (Wildman–Crippen LogP) is 3.52. The first-order valence-electron chi connectivity index (χ1n) is 12.7. The third kappa shape index (κ3) is 5.53. The smallest absolute Gasteiger partial charge is 0.418 e. The SMILES string of the molecule is COc1ccc(-c2cnc(C(=O)Nc3ccc(C(=O)N4CCN(C(=O)[N+](C)(C)C)CC4)c(C)c3)n2C)c(F)c1F. The Morgan fingerprint density at radius 3 is 2.23 bits per heavy atom. The topological polar surface area (TPSA) is 96.8 Å². The van der Waals surface area contributed by atoms with Gasteiger partial charge in [-0.3, -0.25) is 14.5 Å². The lowest BCUT2D eigenvalue weighted by Gasteiger charge is -2.37. The molecule has 40 heavy (non-hydrogen) atoms. The van der Waals surface area contributed by atoms with Gasteiger partial charge in [0.2, 0.25) is 5.82 Å². The molecule has 2 aromatic carbocycles. The first-order valence-corrected chi connectivity index (χ1v) is 12.7. The van der Waals surface area contributed by atoms with Gasteiger partial charge in [-0.2, -0.15) is 4.39 Å². The van der Waals surface area contributed by atoms with Crippen LogP contribution in [0.2, 0.25) is 0 Å². The minimum atomic E-state index is -1.13. The molecule has 4 amide bonds. The van der Waals surface area contributed by atoms with Gasteiger partial charge in [-0.25, -0.2) is 18.7 Å². The van der Waals surface area contributed by atoms with E-state index in [0.29, 0.717) is 43.0 Å². The molecule has 212 valence electrons. The fraction of sp³-hybridized carbons (Fsp3) is 0.357. The molecule has 10 nitrogen and oxygen atoms in total. The Kier molecular flexibility index (Phi) is 7.92. The van der Waals surface area contributed by atoms with E-state index in [2.05, 4.69) is 10.3 Å². The van der Waals surface area contributed by atoms with Crippen LogP contribution >= 0.6 is 0 Å². The van der Waals surface area contributed by atoms with Gasteiger partial charge in [0.1, 0.15) is 0 Å². The number of halogens is 2. The van der Waals surface area contributed by atoms with Crippen LogP contribution in [-0.4, -0.2) is 96.1 Å². The second-order valence-corrected chi connectivity index (χ2v) is 10.5. The minimum Gasteiger partial charge on any atom is -0.494 e. The molecule has 1 N–H and O–H groups in total. The van der Waals surface area contributed by atoms with Crippen molar-refractivity contribution in [2.24, 2.45) is 7.05 Å². The molecule has 0 unspecified atom stereocenters. The molecular formula is C28H33F2N6O4+. The summed E-state index contributed by atoms with van der Waals surface area (Å²) in [4.78, 5) is 46.2. The quantitative estimate of drug-likeness (QED) is 0.486. The third-order valence-corrected chi connectivity index (χ3v) is 6.86. The van der Waals surface area contributed by atoms with Crippen molar-refractivity contribution in [1.82, 2.24) is 19.4 Å². The Bertz CT molecular complexity index is 1470. The maximum atomic E-state index is 14.6. The van der Waals surface area contributed by atoms with E-state index in [1.165, 1.54) is 37.1 Å². The van der Waals surface area contributed by atoms with Gasteiger partial charge in [0.05, 0.1) is 40.1 Å². The standard InChI is InChI=1S/C28H32F2N6O4/c1-17-15-18(7-8-19(17)27(38)34-11-13-35(14-12-34)28(39)36(3,4)5)32-26(37)25-31-16-21(33(25)2)20-9-10-22(40-6)24(30)23(20)29/h7-10,15-16H,11-14H2,1-6H3/p+1. The molecule has 0 atom stereocenters. The number of anilines is 1. The van der Waals surface area contributed by atoms with Gasteiger partial charge in [-0.15, -0.1) is 0 Å². The van der Waals surface area contributed by atoms with E-state index in [-0.39, 0.29) is 39.3 Å². The molecule has 1 aliphatic heterocycles. The second-order valence-electron chi connectivity index (χ2n) is 10.5. The van der Waals surface area contributed by atoms with Gasteiger partial charge in [0.25, 0.3) is 11.8 Å². The van der Waals surface area contributed by atoms with Gasteiger partial charge < -0.3 is 19.5 Å². The van der Waals surface area contributed by atoms with Gasteiger partial charge in [0.15, 0.2) is 17.4 Å². The normalized spacial score (nSPS) is 13.8. The molecule has 1 aliphatic rings. The highest BCUT2D eigenvalue weighted by Crippen LogP contribution is 2.30. The lowest BCUT2D eigenvalue weighted by molar-refractivity contribution is -0.790. The molecular weight excluding hydrogens is 522 g/mol. The van der Waals surface area contributed by atoms with Crippen LogP contribution in [0, 0.1) is 18.6 Å². The number of rotatable bonds is 5. The summed E-state index contributed by atoms with van der Waals surface area (Å²) >= 11 is 0. The van der Waals surface area contributed by atoms with Crippen molar-refractivity contribution in [3.63, 3.8) is 0 Å². The number of aryl methyl sites for hydroxylation is 1. The first-order chi connectivity index (χ1) is 18.8. The van der Waals surface area contributed by atoms with E-state index >= 15 is 0 Å². The molecule has 1 aromatic heterocycles. The Morgan fingerprint density at radius 1 is 0.975 bits per heavy atom. The van der Waals surface area contributed by atoms with E-state index < -0.39 is 17.5 Å². The summed E-state index contributed by atoms with van der Waals surface area (Å²) in [6.07, 6.45) is 1.29. The monoisotopic (exact) mass is 555 g/mol. The molecule has 4 rings (SSSR count). The number of nitrogens with zero attached hydrogens (tertiary/aromatic N) is 5. The first kappa shape index (κ1) is 28.7. The number of methoxy groups -OCH3 is 1. The minimum absolute atomic E-state index is 0.00417. The summed E-state index contributed by atoms with van der Waals surface area (Å²) in [5.74, 6) is -3.17. The molecule has 1 fully saturated rings. The van der Waals surface area contributed by atoms with Gasteiger partial charge in [0, 0.05) is 50.0 Å². The van der Waals surface area contributed by atoms with Crippen LogP contribution in [-0.2, 0) is 7.05 Å². The molecule has 0 bridgehead atoms. The number of urea groups is 1. The van der Waals surface area contributed by atoms with Crippen molar-refractivity contribution in [2.75, 3.05) is 59.7 Å². The molecule has 2 heterocycles. The van der Waals surface area contributed by atoms with E-state index in [0.717, 1.165) is 0 Å². The molecule has 12 heteroatoms.